The number of hydrogen-bond donors (Lipinski definition) is 2. The number of thiophene rings is 1. The van der Waals surface area contributed by atoms with E-state index in [-0.39, 0.29) is 17.4 Å². The first-order valence-electron chi connectivity index (χ1n) is 6.76. The van der Waals surface area contributed by atoms with Gasteiger partial charge < -0.3 is 10.4 Å². The zero-order valence-electron chi connectivity index (χ0n) is 12.8. The van der Waals surface area contributed by atoms with Crippen LogP contribution in [-0.2, 0) is 4.79 Å². The van der Waals surface area contributed by atoms with Crippen molar-refractivity contribution in [2.24, 2.45) is 0 Å². The van der Waals surface area contributed by atoms with Crippen molar-refractivity contribution < 1.29 is 14.8 Å². The van der Waals surface area contributed by atoms with Gasteiger partial charge in [-0.2, -0.15) is 0 Å². The molecule has 0 aliphatic carbocycles. The molecule has 2 aromatic rings. The van der Waals surface area contributed by atoms with Crippen LogP contribution in [0.15, 0.2) is 46.0 Å². The Bertz CT molecular complexity index is 615. The molecule has 0 fully saturated rings. The highest BCUT2D eigenvalue weighted by molar-refractivity contribution is 8.01. The molecule has 0 amide bonds. The summed E-state index contributed by atoms with van der Waals surface area (Å²) >= 11 is 3.26. The molecule has 2 N–H and O–H groups in total. The fraction of sp³-hybridized carbons (Fsp3) is 0.267. The van der Waals surface area contributed by atoms with Crippen LogP contribution in [0.25, 0.3) is 0 Å². The lowest BCUT2D eigenvalue weighted by Crippen LogP contribution is -2.04. The molecule has 2 rings (SSSR count). The average molecular weight is 354 g/mol. The molecular weight excluding hydrogens is 336 g/mol. The van der Waals surface area contributed by atoms with Crippen molar-refractivity contribution in [1.29, 1.82) is 0 Å². The third-order valence-electron chi connectivity index (χ3n) is 2.64. The lowest BCUT2D eigenvalue weighted by molar-refractivity contribution is -0.384. The molecule has 0 unspecified atom stereocenters. The van der Waals surface area contributed by atoms with Crippen LogP contribution in [0.1, 0.15) is 13.3 Å². The fourth-order valence-corrected chi connectivity index (χ4v) is 3.68. The molecule has 6 nitrogen and oxygen atoms in total. The Kier molecular flexibility index (Phi) is 8.14. The van der Waals surface area contributed by atoms with E-state index in [4.69, 9.17) is 5.11 Å². The van der Waals surface area contributed by atoms with Gasteiger partial charge in [-0.15, -0.1) is 23.1 Å². The standard InChI is InChI=1S/C8H10O2S2.C7H8N2O2/c1-6(5-7(9)10)12-8-3-2-4-11-8;1-8-6-2-4-7(5-3-6)9(10)11/h2-4,6H,5H2,1H3,(H,9,10);2-5,8H,1H3/t6-;/m1./s1. The number of benzene rings is 1. The molecule has 124 valence electrons. The number of hydrogen-bond acceptors (Lipinski definition) is 6. The van der Waals surface area contributed by atoms with E-state index in [1.54, 1.807) is 42.3 Å². The summed E-state index contributed by atoms with van der Waals surface area (Å²) in [5, 5.41) is 23.7. The van der Waals surface area contributed by atoms with E-state index in [2.05, 4.69) is 5.32 Å². The van der Waals surface area contributed by atoms with E-state index in [1.807, 2.05) is 24.4 Å². The Labute approximate surface area is 142 Å². The van der Waals surface area contributed by atoms with Gasteiger partial charge >= 0.3 is 5.97 Å². The van der Waals surface area contributed by atoms with Gasteiger partial charge in [0, 0.05) is 30.1 Å². The van der Waals surface area contributed by atoms with Crippen LogP contribution in [0.2, 0.25) is 0 Å². The van der Waals surface area contributed by atoms with Crippen molar-refractivity contribution in [2.45, 2.75) is 22.8 Å². The van der Waals surface area contributed by atoms with E-state index in [0.717, 1.165) is 5.69 Å². The number of carboxylic acid groups (broad SMARTS) is 1. The van der Waals surface area contributed by atoms with Crippen LogP contribution in [0.3, 0.4) is 0 Å². The summed E-state index contributed by atoms with van der Waals surface area (Å²) in [6, 6.07) is 10.2. The number of carbonyl (C=O) groups is 1. The molecule has 1 aromatic carbocycles. The number of aliphatic carboxylic acids is 1. The van der Waals surface area contributed by atoms with Crippen LogP contribution < -0.4 is 5.32 Å². The van der Waals surface area contributed by atoms with Crippen molar-refractivity contribution in [3.8, 4) is 0 Å². The Hall–Kier alpha value is -2.06. The molecule has 1 atom stereocenters. The Balaban J connectivity index is 0.000000231. The van der Waals surface area contributed by atoms with Crippen LogP contribution in [0.4, 0.5) is 11.4 Å². The highest BCUT2D eigenvalue weighted by Gasteiger charge is 2.09. The summed E-state index contributed by atoms with van der Waals surface area (Å²) in [5.74, 6) is -0.730. The smallest absolute Gasteiger partial charge is 0.304 e. The number of carboxylic acids is 1. The molecule has 23 heavy (non-hydrogen) atoms. The summed E-state index contributed by atoms with van der Waals surface area (Å²) in [4.78, 5) is 20.1. The Morgan fingerprint density at radius 2 is 2.04 bits per heavy atom. The summed E-state index contributed by atoms with van der Waals surface area (Å²) < 4.78 is 1.18. The number of anilines is 1. The van der Waals surface area contributed by atoms with Crippen molar-refractivity contribution in [1.82, 2.24) is 0 Å². The van der Waals surface area contributed by atoms with E-state index in [0.29, 0.717) is 0 Å². The molecular formula is C15H18N2O4S2. The van der Waals surface area contributed by atoms with Crippen LogP contribution >= 0.6 is 23.1 Å². The quantitative estimate of drug-likeness (QED) is 0.455. The average Bonchev–Trinajstić information content (AvgIpc) is 3.00. The zero-order valence-corrected chi connectivity index (χ0v) is 14.4. The molecule has 0 saturated carbocycles. The summed E-state index contributed by atoms with van der Waals surface area (Å²) in [6.07, 6.45) is 0.225. The zero-order chi connectivity index (χ0) is 17.2. The van der Waals surface area contributed by atoms with Crippen LogP contribution in [0, 0.1) is 10.1 Å². The van der Waals surface area contributed by atoms with Crippen molar-refractivity contribution >= 4 is 40.4 Å². The minimum Gasteiger partial charge on any atom is -0.481 e. The van der Waals surface area contributed by atoms with Crippen LogP contribution in [-0.4, -0.2) is 28.3 Å². The number of nitro benzene ring substituents is 1. The maximum absolute atomic E-state index is 10.3. The van der Waals surface area contributed by atoms with Gasteiger partial charge in [-0.25, -0.2) is 0 Å². The van der Waals surface area contributed by atoms with Gasteiger partial charge in [0.25, 0.3) is 5.69 Å². The lowest BCUT2D eigenvalue weighted by Gasteiger charge is -2.04. The van der Waals surface area contributed by atoms with Crippen molar-refractivity contribution in [3.05, 3.63) is 51.9 Å². The van der Waals surface area contributed by atoms with Gasteiger partial charge in [0.15, 0.2) is 0 Å². The monoisotopic (exact) mass is 354 g/mol. The first-order valence-corrected chi connectivity index (χ1v) is 8.52. The van der Waals surface area contributed by atoms with Gasteiger partial charge in [0.05, 0.1) is 15.6 Å². The molecule has 0 aliphatic rings. The lowest BCUT2D eigenvalue weighted by atomic mass is 10.3. The van der Waals surface area contributed by atoms with Gasteiger partial charge in [-0.1, -0.05) is 13.0 Å². The highest BCUT2D eigenvalue weighted by Crippen LogP contribution is 2.28. The Morgan fingerprint density at radius 3 is 2.48 bits per heavy atom. The number of non-ortho nitro benzene ring substituents is 1. The van der Waals surface area contributed by atoms with E-state index in [1.165, 1.54) is 16.3 Å². The van der Waals surface area contributed by atoms with E-state index >= 15 is 0 Å². The van der Waals surface area contributed by atoms with E-state index < -0.39 is 10.9 Å². The van der Waals surface area contributed by atoms with Gasteiger partial charge in [0.2, 0.25) is 0 Å². The second-order valence-electron chi connectivity index (χ2n) is 4.51. The van der Waals surface area contributed by atoms with Gasteiger partial charge in [0.1, 0.15) is 0 Å². The largest absolute Gasteiger partial charge is 0.481 e. The number of rotatable bonds is 6. The molecule has 8 heteroatoms. The first kappa shape index (κ1) is 19.0. The van der Waals surface area contributed by atoms with Crippen molar-refractivity contribution in [3.63, 3.8) is 0 Å². The molecule has 0 radical (unpaired) electrons. The predicted octanol–water partition coefficient (Wildman–Crippen LogP) is 4.34. The van der Waals surface area contributed by atoms with Crippen LogP contribution in [0.5, 0.6) is 0 Å². The molecule has 1 aromatic heterocycles. The first-order chi connectivity index (χ1) is 10.9. The maximum atomic E-state index is 10.3. The molecule has 0 spiro atoms. The molecule has 0 aliphatic heterocycles. The third kappa shape index (κ3) is 7.66. The number of thioether (sulfide) groups is 1. The van der Waals surface area contributed by atoms with E-state index in [9.17, 15) is 14.9 Å². The summed E-state index contributed by atoms with van der Waals surface area (Å²) in [7, 11) is 1.77. The predicted molar refractivity (Wildman–Crippen MR) is 94.5 cm³/mol. The van der Waals surface area contributed by atoms with Gasteiger partial charge in [-0.05, 0) is 23.6 Å². The topological polar surface area (TPSA) is 92.5 Å². The summed E-state index contributed by atoms with van der Waals surface area (Å²) in [6.45, 7) is 1.93. The van der Waals surface area contributed by atoms with Crippen molar-refractivity contribution in [2.75, 3.05) is 12.4 Å². The minimum atomic E-state index is -0.730. The second-order valence-corrected chi connectivity index (χ2v) is 7.20. The maximum Gasteiger partial charge on any atom is 0.304 e. The molecule has 0 saturated heterocycles. The SMILES string of the molecule is CNc1ccc([N+](=O)[O-])cc1.C[C@H](CC(=O)O)Sc1cccs1. The second kappa shape index (κ2) is 9.86. The molecule has 0 bridgehead atoms. The molecule has 1 heterocycles. The third-order valence-corrected chi connectivity index (χ3v) is 4.82. The summed E-state index contributed by atoms with van der Waals surface area (Å²) in [5.41, 5.74) is 0.986. The minimum absolute atomic E-state index is 0.115. The highest BCUT2D eigenvalue weighted by atomic mass is 32.2. The van der Waals surface area contributed by atoms with Gasteiger partial charge in [-0.3, -0.25) is 14.9 Å². The Morgan fingerprint density at radius 1 is 1.39 bits per heavy atom. The fourth-order valence-electron chi connectivity index (χ4n) is 1.57. The number of nitrogens with one attached hydrogen (secondary N) is 1. The number of nitrogens with zero attached hydrogens (tertiary/aromatic N) is 1. The number of nitro groups is 1. The normalized spacial score (nSPS) is 11.0.